The first-order valence-corrected chi connectivity index (χ1v) is 6.01. The number of rotatable bonds is 3. The van der Waals surface area contributed by atoms with E-state index in [1.165, 1.54) is 23.2 Å². The standard InChI is InChI=1S/C11H14N4O5/c16-3-6-8(17)9(18)11(20-6)15-4-13-7-5(14-19)1-2-12-10(7)15/h1-2,4,6,8-9,11,16-19H,3H2,(H,12,14). The molecule has 1 aliphatic rings. The molecule has 9 heteroatoms. The zero-order chi connectivity index (χ0) is 14.3. The van der Waals surface area contributed by atoms with Gasteiger partial charge < -0.3 is 20.1 Å². The lowest BCUT2D eigenvalue weighted by Gasteiger charge is -2.16. The third-order valence-electron chi connectivity index (χ3n) is 3.37. The first-order valence-electron chi connectivity index (χ1n) is 6.01. The molecule has 5 N–H and O–H groups in total. The fourth-order valence-electron chi connectivity index (χ4n) is 2.32. The molecule has 9 nitrogen and oxygen atoms in total. The first kappa shape index (κ1) is 13.2. The quantitative estimate of drug-likeness (QED) is 0.445. The predicted molar refractivity (Wildman–Crippen MR) is 65.9 cm³/mol. The van der Waals surface area contributed by atoms with Crippen molar-refractivity contribution in [1.82, 2.24) is 14.5 Å². The summed E-state index contributed by atoms with van der Waals surface area (Å²) in [6, 6.07) is 1.54. The number of anilines is 1. The molecule has 4 unspecified atom stereocenters. The van der Waals surface area contributed by atoms with Crippen LogP contribution in [0, 0.1) is 0 Å². The van der Waals surface area contributed by atoms with Crippen LogP contribution < -0.4 is 5.48 Å². The van der Waals surface area contributed by atoms with Crippen molar-refractivity contribution in [3.8, 4) is 0 Å². The summed E-state index contributed by atoms with van der Waals surface area (Å²) < 4.78 is 6.86. The first-order chi connectivity index (χ1) is 9.67. The molecule has 1 saturated heterocycles. The number of aromatic nitrogens is 3. The van der Waals surface area contributed by atoms with E-state index >= 15 is 0 Å². The van der Waals surface area contributed by atoms with Crippen LogP contribution in [0.25, 0.3) is 11.2 Å². The van der Waals surface area contributed by atoms with Crippen LogP contribution in [-0.2, 0) is 4.74 Å². The summed E-state index contributed by atoms with van der Waals surface area (Å²) in [6.07, 6.45) is -1.34. The second-order valence-electron chi connectivity index (χ2n) is 4.52. The van der Waals surface area contributed by atoms with E-state index in [2.05, 4.69) is 9.97 Å². The van der Waals surface area contributed by atoms with Gasteiger partial charge in [0.05, 0.1) is 18.6 Å². The molecule has 0 aliphatic carbocycles. The van der Waals surface area contributed by atoms with Gasteiger partial charge in [0.1, 0.15) is 23.8 Å². The van der Waals surface area contributed by atoms with Crippen molar-refractivity contribution >= 4 is 16.9 Å². The van der Waals surface area contributed by atoms with Crippen molar-refractivity contribution < 1.29 is 25.3 Å². The average molecular weight is 282 g/mol. The summed E-state index contributed by atoms with van der Waals surface area (Å²) in [4.78, 5) is 8.21. The van der Waals surface area contributed by atoms with Crippen LogP contribution in [0.5, 0.6) is 0 Å². The minimum absolute atomic E-state index is 0.362. The van der Waals surface area contributed by atoms with Crippen molar-refractivity contribution in [2.75, 3.05) is 12.1 Å². The maximum absolute atomic E-state index is 9.99. The van der Waals surface area contributed by atoms with E-state index in [0.29, 0.717) is 16.9 Å². The third kappa shape index (κ3) is 1.84. The molecule has 3 rings (SSSR count). The Kier molecular flexibility index (Phi) is 3.28. The van der Waals surface area contributed by atoms with Crippen LogP contribution >= 0.6 is 0 Å². The number of nitrogens with zero attached hydrogens (tertiary/aromatic N) is 3. The minimum Gasteiger partial charge on any atom is -0.394 e. The maximum Gasteiger partial charge on any atom is 0.165 e. The van der Waals surface area contributed by atoms with Gasteiger partial charge in [-0.25, -0.2) is 9.97 Å². The topological polar surface area (TPSA) is 133 Å². The Balaban J connectivity index is 2.03. The molecular formula is C11H14N4O5. The smallest absolute Gasteiger partial charge is 0.165 e. The van der Waals surface area contributed by atoms with Crippen molar-refractivity contribution in [1.29, 1.82) is 0 Å². The number of aliphatic hydroxyl groups excluding tert-OH is 3. The summed E-state index contributed by atoms with van der Waals surface area (Å²) in [5.74, 6) is 0. The van der Waals surface area contributed by atoms with E-state index in [1.54, 1.807) is 0 Å². The predicted octanol–water partition coefficient (Wildman–Crippen LogP) is -1.16. The summed E-state index contributed by atoms with van der Waals surface area (Å²) in [7, 11) is 0. The molecule has 1 aliphatic heterocycles. The fraction of sp³-hybridized carbons (Fsp3) is 0.455. The van der Waals surface area contributed by atoms with Crippen molar-refractivity contribution in [2.45, 2.75) is 24.5 Å². The van der Waals surface area contributed by atoms with Crippen molar-refractivity contribution in [2.24, 2.45) is 0 Å². The van der Waals surface area contributed by atoms with Gasteiger partial charge in [0.15, 0.2) is 11.9 Å². The van der Waals surface area contributed by atoms with Crippen LogP contribution in [-0.4, -0.2) is 60.0 Å². The van der Waals surface area contributed by atoms with Crippen molar-refractivity contribution in [3.63, 3.8) is 0 Å². The lowest BCUT2D eigenvalue weighted by Crippen LogP contribution is -2.33. The van der Waals surface area contributed by atoms with Gasteiger partial charge in [0, 0.05) is 6.20 Å². The van der Waals surface area contributed by atoms with Gasteiger partial charge in [-0.05, 0) is 6.07 Å². The number of aliphatic hydroxyl groups is 3. The molecule has 2 aromatic heterocycles. The molecule has 0 spiro atoms. The Morgan fingerprint density at radius 2 is 2.10 bits per heavy atom. The normalized spacial score (nSPS) is 30.0. The summed E-state index contributed by atoms with van der Waals surface area (Å²) in [5, 5.41) is 37.8. The van der Waals surface area contributed by atoms with E-state index in [-0.39, 0.29) is 0 Å². The highest BCUT2D eigenvalue weighted by Crippen LogP contribution is 2.32. The Morgan fingerprint density at radius 3 is 2.75 bits per heavy atom. The van der Waals surface area contributed by atoms with Gasteiger partial charge in [-0.15, -0.1) is 0 Å². The molecule has 0 bridgehead atoms. The maximum atomic E-state index is 9.99. The lowest BCUT2D eigenvalue weighted by atomic mass is 10.1. The van der Waals surface area contributed by atoms with Gasteiger partial charge in [0.25, 0.3) is 0 Å². The number of ether oxygens (including phenoxy) is 1. The zero-order valence-electron chi connectivity index (χ0n) is 10.3. The summed E-state index contributed by atoms with van der Waals surface area (Å²) in [6.45, 7) is -0.405. The molecule has 0 radical (unpaired) electrons. The van der Waals surface area contributed by atoms with Crippen molar-refractivity contribution in [3.05, 3.63) is 18.6 Å². The second-order valence-corrected chi connectivity index (χ2v) is 4.52. The molecule has 0 aromatic carbocycles. The van der Waals surface area contributed by atoms with Crippen LogP contribution in [0.2, 0.25) is 0 Å². The number of fused-ring (bicyclic) bond motifs is 1. The third-order valence-corrected chi connectivity index (χ3v) is 3.37. The van der Waals surface area contributed by atoms with E-state index in [9.17, 15) is 10.2 Å². The largest absolute Gasteiger partial charge is 0.394 e. The Morgan fingerprint density at radius 1 is 1.30 bits per heavy atom. The highest BCUT2D eigenvalue weighted by atomic mass is 16.6. The van der Waals surface area contributed by atoms with Crippen LogP contribution in [0.4, 0.5) is 5.69 Å². The van der Waals surface area contributed by atoms with Gasteiger partial charge in [0.2, 0.25) is 0 Å². The number of hydrogen-bond acceptors (Lipinski definition) is 8. The average Bonchev–Trinajstić information content (AvgIpc) is 3.01. The number of pyridine rings is 1. The van der Waals surface area contributed by atoms with Crippen LogP contribution in [0.3, 0.4) is 0 Å². The Hall–Kier alpha value is -1.78. The molecule has 108 valence electrons. The lowest BCUT2D eigenvalue weighted by molar-refractivity contribution is -0.0511. The van der Waals surface area contributed by atoms with E-state index < -0.39 is 31.1 Å². The highest BCUT2D eigenvalue weighted by molar-refractivity contribution is 5.84. The summed E-state index contributed by atoms with van der Waals surface area (Å²) in [5.41, 5.74) is 3.14. The Labute approximate surface area is 113 Å². The molecule has 2 aromatic rings. The monoisotopic (exact) mass is 282 g/mol. The number of nitrogens with one attached hydrogen (secondary N) is 1. The molecule has 0 amide bonds. The van der Waals surface area contributed by atoms with Gasteiger partial charge >= 0.3 is 0 Å². The SMILES string of the molecule is OCC1OC(n2cnc3c(NO)ccnc32)C(O)C1O. The second kappa shape index (κ2) is 4.96. The van der Waals surface area contributed by atoms with Gasteiger partial charge in [-0.1, -0.05) is 0 Å². The van der Waals surface area contributed by atoms with Crippen LogP contribution in [0.1, 0.15) is 6.23 Å². The van der Waals surface area contributed by atoms with E-state index in [1.807, 2.05) is 5.48 Å². The fourth-order valence-corrected chi connectivity index (χ4v) is 2.32. The van der Waals surface area contributed by atoms with E-state index in [4.69, 9.17) is 15.1 Å². The van der Waals surface area contributed by atoms with Gasteiger partial charge in [-0.3, -0.25) is 15.3 Å². The molecule has 3 heterocycles. The highest BCUT2D eigenvalue weighted by Gasteiger charge is 2.43. The van der Waals surface area contributed by atoms with Crippen LogP contribution in [0.15, 0.2) is 18.6 Å². The molecule has 20 heavy (non-hydrogen) atoms. The zero-order valence-corrected chi connectivity index (χ0v) is 10.3. The number of hydrogen-bond donors (Lipinski definition) is 5. The Bertz CT molecular complexity index is 618. The minimum atomic E-state index is -1.21. The molecule has 4 atom stereocenters. The molecule has 1 fully saturated rings. The molecular weight excluding hydrogens is 268 g/mol. The summed E-state index contributed by atoms with van der Waals surface area (Å²) >= 11 is 0. The number of imidazole rings is 1. The van der Waals surface area contributed by atoms with Gasteiger partial charge in [-0.2, -0.15) is 0 Å². The molecule has 0 saturated carbocycles. The van der Waals surface area contributed by atoms with E-state index in [0.717, 1.165) is 0 Å².